The minimum Gasteiger partial charge on any atom is -0.462 e. The van der Waals surface area contributed by atoms with Crippen LogP contribution in [0.4, 0.5) is 0 Å². The summed E-state index contributed by atoms with van der Waals surface area (Å²) in [5.41, 5.74) is 0.478. The van der Waals surface area contributed by atoms with E-state index in [-0.39, 0.29) is 11.1 Å². The van der Waals surface area contributed by atoms with Crippen LogP contribution in [0.15, 0.2) is 29.2 Å². The third kappa shape index (κ3) is 5.47. The molecule has 0 saturated heterocycles. The molecule has 0 aliphatic carbocycles. The Morgan fingerprint density at radius 1 is 1.16 bits per heavy atom. The molecule has 0 spiro atoms. The van der Waals surface area contributed by atoms with Gasteiger partial charge in [-0.15, -0.1) is 0 Å². The second kappa shape index (κ2) is 8.75. The summed E-state index contributed by atoms with van der Waals surface area (Å²) < 4.78 is 5.12. The molecule has 4 heteroatoms. The molecule has 1 aromatic carbocycles. The van der Waals surface area contributed by atoms with E-state index in [2.05, 4.69) is 0 Å². The molecule has 19 heavy (non-hydrogen) atoms. The summed E-state index contributed by atoms with van der Waals surface area (Å²) in [5, 5.41) is 0.0950. The quantitative estimate of drug-likeness (QED) is 0.558. The minimum absolute atomic E-state index is 0.0950. The van der Waals surface area contributed by atoms with Gasteiger partial charge in [-0.1, -0.05) is 44.2 Å². The number of benzene rings is 1. The third-order valence-corrected chi connectivity index (χ3v) is 3.51. The molecule has 104 valence electrons. The van der Waals surface area contributed by atoms with Gasteiger partial charge in [0.1, 0.15) is 0 Å². The third-order valence-electron chi connectivity index (χ3n) is 2.50. The van der Waals surface area contributed by atoms with Gasteiger partial charge in [0.15, 0.2) is 5.12 Å². The van der Waals surface area contributed by atoms with Gasteiger partial charge in [0.05, 0.1) is 12.2 Å². The second-order valence-corrected chi connectivity index (χ2v) is 5.31. The molecule has 0 fully saturated rings. The van der Waals surface area contributed by atoms with Crippen LogP contribution in [0.5, 0.6) is 0 Å². The zero-order valence-electron chi connectivity index (χ0n) is 11.5. The van der Waals surface area contributed by atoms with E-state index >= 15 is 0 Å². The number of unbranched alkanes of at least 4 members (excludes halogenated alkanes) is 1. The first-order valence-corrected chi connectivity index (χ1v) is 7.47. The molecular formula is C15H20O3S. The predicted molar refractivity (Wildman–Crippen MR) is 77.4 cm³/mol. The minimum atomic E-state index is -0.353. The Morgan fingerprint density at radius 2 is 1.89 bits per heavy atom. The second-order valence-electron chi connectivity index (χ2n) is 4.21. The van der Waals surface area contributed by atoms with E-state index in [4.69, 9.17) is 4.74 Å². The average Bonchev–Trinajstić information content (AvgIpc) is 2.43. The average molecular weight is 280 g/mol. The number of hydrogen-bond acceptors (Lipinski definition) is 4. The number of thioether (sulfide) groups is 1. The first-order valence-electron chi connectivity index (χ1n) is 6.65. The van der Waals surface area contributed by atoms with Gasteiger partial charge in [-0.2, -0.15) is 0 Å². The van der Waals surface area contributed by atoms with Gasteiger partial charge in [-0.25, -0.2) is 4.79 Å². The van der Waals surface area contributed by atoms with Crippen molar-refractivity contribution in [1.29, 1.82) is 0 Å². The fourth-order valence-electron chi connectivity index (χ4n) is 1.49. The molecule has 1 aromatic rings. The van der Waals surface area contributed by atoms with Crippen LogP contribution in [0.2, 0.25) is 0 Å². The number of ether oxygens (including phenoxy) is 1. The summed E-state index contributed by atoms with van der Waals surface area (Å²) in [6.07, 6.45) is 3.21. The molecule has 0 aromatic heterocycles. The first-order chi connectivity index (χ1) is 9.19. The van der Waals surface area contributed by atoms with Gasteiger partial charge in [-0.3, -0.25) is 4.79 Å². The Morgan fingerprint density at radius 3 is 2.58 bits per heavy atom. The van der Waals surface area contributed by atoms with Crippen LogP contribution in [0.3, 0.4) is 0 Å². The number of esters is 1. The predicted octanol–water partition coefficient (Wildman–Crippen LogP) is 4.06. The van der Waals surface area contributed by atoms with Crippen molar-refractivity contribution in [3.05, 3.63) is 29.8 Å². The van der Waals surface area contributed by atoms with Gasteiger partial charge < -0.3 is 4.74 Å². The maximum Gasteiger partial charge on any atom is 0.339 e. The molecule has 0 bridgehead atoms. The largest absolute Gasteiger partial charge is 0.462 e. The van der Waals surface area contributed by atoms with E-state index in [0.29, 0.717) is 23.5 Å². The topological polar surface area (TPSA) is 43.4 Å². The summed E-state index contributed by atoms with van der Waals surface area (Å²) >= 11 is 1.13. The van der Waals surface area contributed by atoms with Gasteiger partial charge in [0.2, 0.25) is 0 Å². The Hall–Kier alpha value is -1.29. The molecule has 0 unspecified atom stereocenters. The van der Waals surface area contributed by atoms with Crippen molar-refractivity contribution in [2.24, 2.45) is 0 Å². The van der Waals surface area contributed by atoms with E-state index in [1.54, 1.807) is 18.2 Å². The Kier molecular flexibility index (Phi) is 7.26. The monoisotopic (exact) mass is 280 g/mol. The first kappa shape index (κ1) is 15.8. The Bertz CT molecular complexity index is 429. The van der Waals surface area contributed by atoms with Gasteiger partial charge in [0, 0.05) is 11.3 Å². The highest BCUT2D eigenvalue weighted by Gasteiger charge is 2.15. The lowest BCUT2D eigenvalue weighted by Crippen LogP contribution is -2.07. The molecular weight excluding hydrogens is 260 g/mol. The van der Waals surface area contributed by atoms with Crippen LogP contribution in [0.1, 0.15) is 49.9 Å². The summed E-state index contributed by atoms with van der Waals surface area (Å²) in [4.78, 5) is 24.3. The van der Waals surface area contributed by atoms with E-state index in [0.717, 1.165) is 31.0 Å². The highest BCUT2D eigenvalue weighted by molar-refractivity contribution is 8.13. The Balaban J connectivity index is 2.72. The molecule has 0 heterocycles. The fourth-order valence-corrected chi connectivity index (χ4v) is 2.39. The lowest BCUT2D eigenvalue weighted by molar-refractivity contribution is -0.111. The van der Waals surface area contributed by atoms with Crippen LogP contribution >= 0.6 is 11.8 Å². The lowest BCUT2D eigenvalue weighted by Gasteiger charge is -2.08. The van der Waals surface area contributed by atoms with Gasteiger partial charge in [-0.05, 0) is 25.0 Å². The van der Waals surface area contributed by atoms with Gasteiger partial charge >= 0.3 is 5.97 Å². The normalized spacial score (nSPS) is 10.2. The maximum atomic E-state index is 11.9. The molecule has 0 radical (unpaired) electrons. The summed E-state index contributed by atoms with van der Waals surface area (Å²) in [6, 6.07) is 7.10. The van der Waals surface area contributed by atoms with Gasteiger partial charge in [0.25, 0.3) is 0 Å². The summed E-state index contributed by atoms with van der Waals surface area (Å²) in [5.74, 6) is -0.353. The molecule has 3 nitrogen and oxygen atoms in total. The van der Waals surface area contributed by atoms with Crippen LogP contribution < -0.4 is 0 Å². The number of carbonyl (C=O) groups excluding carboxylic acids is 2. The van der Waals surface area contributed by atoms with Crippen molar-refractivity contribution in [1.82, 2.24) is 0 Å². The van der Waals surface area contributed by atoms with E-state index < -0.39 is 0 Å². The standard InChI is InChI=1S/C15H20O3S/c1-3-5-10-14(16)19-13-9-7-6-8-12(13)15(17)18-11-4-2/h6-9H,3-5,10-11H2,1-2H3. The van der Waals surface area contributed by atoms with Crippen LogP contribution in [0, 0.1) is 0 Å². The smallest absolute Gasteiger partial charge is 0.339 e. The van der Waals surface area contributed by atoms with Crippen molar-refractivity contribution in [3.63, 3.8) is 0 Å². The molecule has 0 atom stereocenters. The SMILES string of the molecule is CCCCC(=O)Sc1ccccc1C(=O)OCCC. The zero-order valence-corrected chi connectivity index (χ0v) is 12.3. The van der Waals surface area contributed by atoms with Crippen molar-refractivity contribution in [2.45, 2.75) is 44.4 Å². The Labute approximate surface area is 118 Å². The molecule has 0 amide bonds. The van der Waals surface area contributed by atoms with Crippen molar-refractivity contribution in [3.8, 4) is 0 Å². The van der Waals surface area contributed by atoms with E-state index in [9.17, 15) is 9.59 Å². The van der Waals surface area contributed by atoms with Crippen LogP contribution in [0.25, 0.3) is 0 Å². The molecule has 0 aliphatic rings. The number of rotatable bonds is 7. The zero-order chi connectivity index (χ0) is 14.1. The maximum absolute atomic E-state index is 11.9. The summed E-state index contributed by atoms with van der Waals surface area (Å²) in [7, 11) is 0. The molecule has 0 N–H and O–H groups in total. The van der Waals surface area contributed by atoms with Crippen molar-refractivity contribution < 1.29 is 14.3 Å². The molecule has 0 saturated carbocycles. The number of hydrogen-bond donors (Lipinski definition) is 0. The van der Waals surface area contributed by atoms with Crippen molar-refractivity contribution >= 4 is 22.8 Å². The highest BCUT2D eigenvalue weighted by Crippen LogP contribution is 2.25. The molecule has 0 aliphatic heterocycles. The van der Waals surface area contributed by atoms with E-state index in [1.165, 1.54) is 0 Å². The van der Waals surface area contributed by atoms with Crippen LogP contribution in [-0.2, 0) is 9.53 Å². The highest BCUT2D eigenvalue weighted by atomic mass is 32.2. The van der Waals surface area contributed by atoms with E-state index in [1.807, 2.05) is 19.9 Å². The number of carbonyl (C=O) groups is 2. The van der Waals surface area contributed by atoms with Crippen LogP contribution in [-0.4, -0.2) is 17.7 Å². The summed E-state index contributed by atoms with van der Waals surface area (Å²) in [6.45, 7) is 4.40. The van der Waals surface area contributed by atoms with Crippen molar-refractivity contribution in [2.75, 3.05) is 6.61 Å². The molecule has 1 rings (SSSR count). The fraction of sp³-hybridized carbons (Fsp3) is 0.467. The lowest BCUT2D eigenvalue weighted by atomic mass is 10.2.